The van der Waals surface area contributed by atoms with Crippen molar-refractivity contribution in [3.8, 4) is 10.4 Å². The highest BCUT2D eigenvalue weighted by atomic mass is 32.1. The Hall–Kier alpha value is -1.55. The number of hydrogen-bond donors (Lipinski definition) is 0. The van der Waals surface area contributed by atoms with Crippen molar-refractivity contribution in [2.24, 2.45) is 0 Å². The molecule has 0 aliphatic heterocycles. The molecule has 15 heavy (non-hydrogen) atoms. The highest BCUT2D eigenvalue weighted by molar-refractivity contribution is 7.13. The lowest BCUT2D eigenvalue weighted by molar-refractivity contribution is 0.112. The summed E-state index contributed by atoms with van der Waals surface area (Å²) in [6.45, 7) is 0. The van der Waals surface area contributed by atoms with Crippen LogP contribution in [0.4, 0.5) is 8.78 Å². The number of rotatable bonds is 2. The molecule has 0 N–H and O–H groups in total. The van der Waals surface area contributed by atoms with E-state index in [9.17, 15) is 13.6 Å². The monoisotopic (exact) mass is 224 g/mol. The van der Waals surface area contributed by atoms with Crippen LogP contribution >= 0.6 is 11.3 Å². The first-order valence-electron chi connectivity index (χ1n) is 4.20. The van der Waals surface area contributed by atoms with E-state index < -0.39 is 11.6 Å². The predicted octanol–water partition coefficient (Wildman–Crippen LogP) is 3.51. The van der Waals surface area contributed by atoms with Crippen molar-refractivity contribution in [1.82, 2.24) is 0 Å². The van der Waals surface area contributed by atoms with E-state index in [1.54, 1.807) is 11.4 Å². The maximum atomic E-state index is 12.9. The first kappa shape index (κ1) is 9.98. The third kappa shape index (κ3) is 1.94. The van der Waals surface area contributed by atoms with Crippen LogP contribution in [0.2, 0.25) is 0 Å². The summed E-state index contributed by atoms with van der Waals surface area (Å²) in [7, 11) is 0. The van der Waals surface area contributed by atoms with E-state index >= 15 is 0 Å². The van der Waals surface area contributed by atoms with Crippen molar-refractivity contribution in [2.75, 3.05) is 0 Å². The van der Waals surface area contributed by atoms with Crippen LogP contribution in [0.25, 0.3) is 10.4 Å². The average molecular weight is 224 g/mol. The number of carbonyl (C=O) groups excluding carboxylic acids is 1. The van der Waals surface area contributed by atoms with Crippen LogP contribution in [0.5, 0.6) is 0 Å². The number of benzene rings is 1. The highest BCUT2D eigenvalue weighted by Crippen LogP contribution is 2.27. The summed E-state index contributed by atoms with van der Waals surface area (Å²) in [5.74, 6) is -1.75. The normalized spacial score (nSPS) is 10.3. The lowest BCUT2D eigenvalue weighted by Crippen LogP contribution is -1.83. The Bertz CT molecular complexity index is 505. The molecule has 2 aromatic rings. The van der Waals surface area contributed by atoms with Gasteiger partial charge < -0.3 is 0 Å². The first-order valence-corrected chi connectivity index (χ1v) is 5.08. The molecule has 2 rings (SSSR count). The molecule has 0 atom stereocenters. The van der Waals surface area contributed by atoms with E-state index in [1.807, 2.05) is 0 Å². The molecule has 0 aliphatic carbocycles. The van der Waals surface area contributed by atoms with E-state index in [2.05, 4.69) is 0 Å². The zero-order chi connectivity index (χ0) is 10.8. The number of carbonyl (C=O) groups is 1. The van der Waals surface area contributed by atoms with Crippen LogP contribution in [-0.4, -0.2) is 6.29 Å². The summed E-state index contributed by atoms with van der Waals surface area (Å²) >= 11 is 1.32. The van der Waals surface area contributed by atoms with Gasteiger partial charge in [0.1, 0.15) is 0 Å². The maximum Gasteiger partial charge on any atom is 0.159 e. The van der Waals surface area contributed by atoms with Crippen LogP contribution in [0.15, 0.2) is 29.6 Å². The lowest BCUT2D eigenvalue weighted by Gasteiger charge is -1.97. The Kier molecular flexibility index (Phi) is 2.60. The Balaban J connectivity index is 2.44. The minimum atomic E-state index is -0.881. The molecule has 0 saturated carbocycles. The fraction of sp³-hybridized carbons (Fsp3) is 0. The summed E-state index contributed by atoms with van der Waals surface area (Å²) in [6.07, 6.45) is 0.722. The van der Waals surface area contributed by atoms with Crippen LogP contribution in [-0.2, 0) is 0 Å². The van der Waals surface area contributed by atoms with E-state index in [4.69, 9.17) is 0 Å². The fourth-order valence-electron chi connectivity index (χ4n) is 1.21. The van der Waals surface area contributed by atoms with Crippen molar-refractivity contribution >= 4 is 17.6 Å². The fourth-order valence-corrected chi connectivity index (χ4v) is 2.07. The van der Waals surface area contributed by atoms with Crippen molar-refractivity contribution in [2.45, 2.75) is 0 Å². The zero-order valence-corrected chi connectivity index (χ0v) is 8.35. The minimum Gasteiger partial charge on any atom is -0.298 e. The average Bonchev–Trinajstić information content (AvgIpc) is 2.70. The summed E-state index contributed by atoms with van der Waals surface area (Å²) in [6, 6.07) is 5.32. The number of halogens is 2. The molecule has 0 saturated heterocycles. The van der Waals surface area contributed by atoms with Crippen molar-refractivity contribution in [3.63, 3.8) is 0 Å². The molecule has 1 nitrogen and oxygen atoms in total. The Morgan fingerprint density at radius 3 is 2.53 bits per heavy atom. The first-order chi connectivity index (χ1) is 7.20. The van der Waals surface area contributed by atoms with Gasteiger partial charge in [-0.05, 0) is 23.8 Å². The van der Waals surface area contributed by atoms with Gasteiger partial charge >= 0.3 is 0 Å². The summed E-state index contributed by atoms with van der Waals surface area (Å²) < 4.78 is 25.6. The molecule has 0 bridgehead atoms. The lowest BCUT2D eigenvalue weighted by atomic mass is 10.1. The van der Waals surface area contributed by atoms with Crippen molar-refractivity contribution in [1.29, 1.82) is 0 Å². The molecule has 0 amide bonds. The summed E-state index contributed by atoms with van der Waals surface area (Å²) in [4.78, 5) is 11.2. The molecule has 4 heteroatoms. The second-order valence-electron chi connectivity index (χ2n) is 2.99. The molecule has 0 fully saturated rings. The van der Waals surface area contributed by atoms with Gasteiger partial charge in [-0.3, -0.25) is 4.79 Å². The van der Waals surface area contributed by atoms with E-state index in [0.29, 0.717) is 11.1 Å². The van der Waals surface area contributed by atoms with Crippen molar-refractivity contribution < 1.29 is 13.6 Å². The van der Waals surface area contributed by atoms with Gasteiger partial charge in [-0.15, -0.1) is 11.3 Å². The van der Waals surface area contributed by atoms with E-state index in [1.165, 1.54) is 17.4 Å². The third-order valence-corrected chi connectivity index (χ3v) is 2.96. The largest absolute Gasteiger partial charge is 0.298 e. The van der Waals surface area contributed by atoms with Gasteiger partial charge in [-0.25, -0.2) is 8.78 Å². The van der Waals surface area contributed by atoms with Gasteiger partial charge in [0.15, 0.2) is 17.9 Å². The second kappa shape index (κ2) is 3.90. The Morgan fingerprint density at radius 1 is 1.13 bits per heavy atom. The van der Waals surface area contributed by atoms with Gasteiger partial charge in [-0.2, -0.15) is 0 Å². The third-order valence-electron chi connectivity index (χ3n) is 1.96. The minimum absolute atomic E-state index is 0.541. The van der Waals surface area contributed by atoms with Gasteiger partial charge in [0.05, 0.1) is 0 Å². The summed E-state index contributed by atoms with van der Waals surface area (Å²) in [5, 5.41) is 1.67. The molecule has 0 aliphatic rings. The maximum absolute atomic E-state index is 12.9. The Labute approximate surface area is 89.0 Å². The van der Waals surface area contributed by atoms with Gasteiger partial charge in [-0.1, -0.05) is 6.07 Å². The number of thiophene rings is 1. The number of hydrogen-bond acceptors (Lipinski definition) is 2. The molecular formula is C11H6F2OS. The molecule has 1 heterocycles. The zero-order valence-electron chi connectivity index (χ0n) is 7.54. The standard InChI is InChI=1S/C11H6F2OS/c12-9-2-1-8(4-10(9)13)11-3-7(5-14)6-15-11/h1-6H. The van der Waals surface area contributed by atoms with E-state index in [0.717, 1.165) is 23.3 Å². The molecule has 0 spiro atoms. The topological polar surface area (TPSA) is 17.1 Å². The smallest absolute Gasteiger partial charge is 0.159 e. The molecule has 76 valence electrons. The quantitative estimate of drug-likeness (QED) is 0.713. The van der Waals surface area contributed by atoms with Crippen LogP contribution in [0.3, 0.4) is 0 Å². The van der Waals surface area contributed by atoms with Gasteiger partial charge in [0.2, 0.25) is 0 Å². The van der Waals surface area contributed by atoms with E-state index in [-0.39, 0.29) is 0 Å². The van der Waals surface area contributed by atoms with Crippen LogP contribution < -0.4 is 0 Å². The molecular weight excluding hydrogens is 218 g/mol. The predicted molar refractivity (Wildman–Crippen MR) is 55.1 cm³/mol. The summed E-state index contributed by atoms with van der Waals surface area (Å²) in [5.41, 5.74) is 1.12. The SMILES string of the molecule is O=Cc1csc(-c2ccc(F)c(F)c2)c1. The highest BCUT2D eigenvalue weighted by Gasteiger charge is 2.06. The Morgan fingerprint density at radius 2 is 1.93 bits per heavy atom. The second-order valence-corrected chi connectivity index (χ2v) is 3.90. The molecule has 0 radical (unpaired) electrons. The molecule has 0 unspecified atom stereocenters. The van der Waals surface area contributed by atoms with Gasteiger partial charge in [0.25, 0.3) is 0 Å². The van der Waals surface area contributed by atoms with Crippen molar-refractivity contribution in [3.05, 3.63) is 46.8 Å². The molecule has 1 aromatic heterocycles. The van der Waals surface area contributed by atoms with Crippen LogP contribution in [0, 0.1) is 11.6 Å². The number of aldehydes is 1. The van der Waals surface area contributed by atoms with Crippen LogP contribution in [0.1, 0.15) is 10.4 Å². The molecule has 1 aromatic carbocycles. The van der Waals surface area contributed by atoms with Gasteiger partial charge in [0, 0.05) is 15.8 Å².